The van der Waals surface area contributed by atoms with E-state index in [1.807, 2.05) is 20.8 Å². The van der Waals surface area contributed by atoms with Crippen LogP contribution in [0.2, 0.25) is 0 Å². The van der Waals surface area contributed by atoms with Crippen molar-refractivity contribution in [2.75, 3.05) is 0 Å². The lowest BCUT2D eigenvalue weighted by Gasteiger charge is -2.13. The van der Waals surface area contributed by atoms with E-state index in [0.717, 1.165) is 0 Å². The van der Waals surface area contributed by atoms with Crippen molar-refractivity contribution >= 4 is 17.2 Å². The van der Waals surface area contributed by atoms with Crippen LogP contribution in [0.3, 0.4) is 0 Å². The molecule has 0 spiro atoms. The molecule has 0 aliphatic rings. The summed E-state index contributed by atoms with van der Waals surface area (Å²) in [5.74, 6) is -0.447. The molecule has 0 aliphatic carbocycles. The standard InChI is InChI=1S/C14H16N2O3/c1-8(17)9-6-16-7-10(13(19)14(2,3)4)15-12(16)5-11(9)18/h5-7,18H,1-4H3. The third kappa shape index (κ3) is 2.36. The molecule has 2 aromatic heterocycles. The number of imidazole rings is 1. The molecule has 1 N–H and O–H groups in total. The predicted molar refractivity (Wildman–Crippen MR) is 70.6 cm³/mol. The Balaban J connectivity index is 2.59. The van der Waals surface area contributed by atoms with Crippen molar-refractivity contribution in [2.45, 2.75) is 27.7 Å². The minimum atomic E-state index is -0.524. The molecule has 0 amide bonds. The first-order valence-corrected chi connectivity index (χ1v) is 5.97. The SMILES string of the molecule is CC(=O)c1cn2cc(C(=O)C(C)(C)C)nc2cc1O. The summed E-state index contributed by atoms with van der Waals surface area (Å²) in [5, 5.41) is 9.73. The molecular formula is C14H16N2O3. The number of aromatic hydroxyl groups is 1. The molecule has 0 fully saturated rings. The average Bonchev–Trinajstić information content (AvgIpc) is 2.67. The van der Waals surface area contributed by atoms with Gasteiger partial charge in [-0.2, -0.15) is 0 Å². The van der Waals surface area contributed by atoms with Gasteiger partial charge in [0.25, 0.3) is 0 Å². The van der Waals surface area contributed by atoms with Gasteiger partial charge in [0.2, 0.25) is 0 Å². The summed E-state index contributed by atoms with van der Waals surface area (Å²) in [5.41, 5.74) is 0.450. The highest BCUT2D eigenvalue weighted by Crippen LogP contribution is 2.23. The maximum atomic E-state index is 12.1. The highest BCUT2D eigenvalue weighted by Gasteiger charge is 2.25. The number of rotatable bonds is 2. The Morgan fingerprint density at radius 3 is 2.42 bits per heavy atom. The van der Waals surface area contributed by atoms with Crippen molar-refractivity contribution in [3.63, 3.8) is 0 Å². The molecule has 0 atom stereocenters. The Morgan fingerprint density at radius 2 is 1.89 bits per heavy atom. The minimum absolute atomic E-state index is 0.0833. The molecule has 0 bridgehead atoms. The molecule has 0 saturated heterocycles. The number of hydrogen-bond acceptors (Lipinski definition) is 4. The summed E-state index contributed by atoms with van der Waals surface area (Å²) in [4.78, 5) is 27.7. The van der Waals surface area contributed by atoms with Gasteiger partial charge in [0.15, 0.2) is 11.6 Å². The van der Waals surface area contributed by atoms with Gasteiger partial charge < -0.3 is 9.51 Å². The molecule has 2 rings (SSSR count). The van der Waals surface area contributed by atoms with Crippen LogP contribution in [0.15, 0.2) is 18.5 Å². The number of Topliss-reactive ketones (excluding diaryl/α,β-unsaturated/α-hetero) is 2. The van der Waals surface area contributed by atoms with E-state index in [2.05, 4.69) is 4.98 Å². The van der Waals surface area contributed by atoms with Crippen molar-refractivity contribution in [3.05, 3.63) is 29.7 Å². The lowest BCUT2D eigenvalue weighted by atomic mass is 9.89. The number of hydrogen-bond donors (Lipinski definition) is 1. The smallest absolute Gasteiger partial charge is 0.188 e. The van der Waals surface area contributed by atoms with Crippen molar-refractivity contribution in [2.24, 2.45) is 5.41 Å². The highest BCUT2D eigenvalue weighted by molar-refractivity contribution is 5.99. The van der Waals surface area contributed by atoms with Crippen molar-refractivity contribution in [1.29, 1.82) is 0 Å². The van der Waals surface area contributed by atoms with Gasteiger partial charge in [0, 0.05) is 23.9 Å². The van der Waals surface area contributed by atoms with Gasteiger partial charge in [-0.25, -0.2) is 4.98 Å². The van der Waals surface area contributed by atoms with Crippen LogP contribution in [-0.4, -0.2) is 26.1 Å². The second-order valence-electron chi connectivity index (χ2n) is 5.60. The van der Waals surface area contributed by atoms with Crippen LogP contribution in [0.25, 0.3) is 5.65 Å². The van der Waals surface area contributed by atoms with E-state index in [1.54, 1.807) is 10.6 Å². The molecule has 5 heteroatoms. The summed E-state index contributed by atoms with van der Waals surface area (Å²) in [6.07, 6.45) is 3.06. The molecular weight excluding hydrogens is 244 g/mol. The Morgan fingerprint density at radius 1 is 1.26 bits per heavy atom. The van der Waals surface area contributed by atoms with Crippen molar-refractivity contribution in [1.82, 2.24) is 9.38 Å². The molecule has 100 valence electrons. The summed E-state index contributed by atoms with van der Waals surface area (Å²) in [6, 6.07) is 1.39. The number of pyridine rings is 1. The van der Waals surface area contributed by atoms with E-state index >= 15 is 0 Å². The second-order valence-corrected chi connectivity index (χ2v) is 5.60. The van der Waals surface area contributed by atoms with Gasteiger partial charge in [-0.05, 0) is 6.92 Å². The summed E-state index contributed by atoms with van der Waals surface area (Å²) in [7, 11) is 0. The first-order chi connectivity index (χ1) is 8.70. The Kier molecular flexibility index (Phi) is 2.92. The minimum Gasteiger partial charge on any atom is -0.507 e. The van der Waals surface area contributed by atoms with E-state index in [-0.39, 0.29) is 22.9 Å². The van der Waals surface area contributed by atoms with Gasteiger partial charge in [-0.1, -0.05) is 20.8 Å². The number of carbonyl (C=O) groups is 2. The Labute approximate surface area is 110 Å². The second kappa shape index (κ2) is 4.19. The number of carbonyl (C=O) groups excluding carboxylic acids is 2. The van der Waals surface area contributed by atoms with E-state index in [0.29, 0.717) is 11.3 Å². The zero-order valence-electron chi connectivity index (χ0n) is 11.4. The maximum Gasteiger partial charge on any atom is 0.188 e. The Hall–Kier alpha value is -2.17. The summed E-state index contributed by atoms with van der Waals surface area (Å²) in [6.45, 7) is 6.83. The van der Waals surface area contributed by atoms with Gasteiger partial charge in [-0.15, -0.1) is 0 Å². The van der Waals surface area contributed by atoms with Gasteiger partial charge in [0.1, 0.15) is 17.1 Å². The lowest BCUT2D eigenvalue weighted by molar-refractivity contribution is 0.0853. The van der Waals surface area contributed by atoms with Gasteiger partial charge >= 0.3 is 0 Å². The molecule has 5 nitrogen and oxygen atoms in total. The predicted octanol–water partition coefficient (Wildman–Crippen LogP) is 2.47. The quantitative estimate of drug-likeness (QED) is 0.842. The Bertz CT molecular complexity index is 678. The van der Waals surface area contributed by atoms with Crippen LogP contribution >= 0.6 is 0 Å². The lowest BCUT2D eigenvalue weighted by Crippen LogP contribution is -2.20. The molecule has 0 saturated carbocycles. The maximum absolute atomic E-state index is 12.1. The van der Waals surface area contributed by atoms with E-state index < -0.39 is 5.41 Å². The van der Waals surface area contributed by atoms with Crippen LogP contribution in [0, 0.1) is 5.41 Å². The van der Waals surface area contributed by atoms with Gasteiger partial charge in [-0.3, -0.25) is 9.59 Å². The number of fused-ring (bicyclic) bond motifs is 1. The molecule has 2 heterocycles. The van der Waals surface area contributed by atoms with Crippen molar-refractivity contribution in [3.8, 4) is 5.75 Å². The van der Waals surface area contributed by atoms with E-state index in [1.165, 1.54) is 19.2 Å². The molecule has 0 aromatic carbocycles. The first-order valence-electron chi connectivity index (χ1n) is 5.97. The molecule has 0 aliphatic heterocycles. The summed E-state index contributed by atoms with van der Waals surface area (Å²) >= 11 is 0. The third-order valence-corrected chi connectivity index (χ3v) is 2.86. The third-order valence-electron chi connectivity index (χ3n) is 2.86. The monoisotopic (exact) mass is 260 g/mol. The fourth-order valence-electron chi connectivity index (χ4n) is 1.79. The van der Waals surface area contributed by atoms with Crippen molar-refractivity contribution < 1.29 is 14.7 Å². The van der Waals surface area contributed by atoms with Crippen LogP contribution in [0.4, 0.5) is 0 Å². The van der Waals surface area contributed by atoms with Crippen LogP contribution in [-0.2, 0) is 0 Å². The normalized spacial score (nSPS) is 11.8. The van der Waals surface area contributed by atoms with Crippen LogP contribution in [0.5, 0.6) is 5.75 Å². The molecule has 2 aromatic rings. The number of ketones is 2. The fourth-order valence-corrected chi connectivity index (χ4v) is 1.79. The fraction of sp³-hybridized carbons (Fsp3) is 0.357. The molecule has 19 heavy (non-hydrogen) atoms. The zero-order chi connectivity index (χ0) is 14.4. The van der Waals surface area contributed by atoms with Crippen LogP contribution in [0.1, 0.15) is 48.5 Å². The summed E-state index contributed by atoms with van der Waals surface area (Å²) < 4.78 is 1.58. The average molecular weight is 260 g/mol. The largest absolute Gasteiger partial charge is 0.507 e. The first kappa shape index (κ1) is 13.3. The van der Waals surface area contributed by atoms with E-state index in [4.69, 9.17) is 0 Å². The number of aromatic nitrogens is 2. The molecule has 0 radical (unpaired) electrons. The molecule has 0 unspecified atom stereocenters. The van der Waals surface area contributed by atoms with E-state index in [9.17, 15) is 14.7 Å². The zero-order valence-corrected chi connectivity index (χ0v) is 11.4. The van der Waals surface area contributed by atoms with Gasteiger partial charge in [0.05, 0.1) is 5.56 Å². The van der Waals surface area contributed by atoms with Crippen LogP contribution < -0.4 is 0 Å². The highest BCUT2D eigenvalue weighted by atomic mass is 16.3. The topological polar surface area (TPSA) is 71.7 Å². The number of nitrogens with zero attached hydrogens (tertiary/aromatic N) is 2.